The molecule has 1 fully saturated rings. The summed E-state index contributed by atoms with van der Waals surface area (Å²) in [6, 6.07) is 0. The maximum absolute atomic E-state index is 12.5. The van der Waals surface area contributed by atoms with Gasteiger partial charge in [0.1, 0.15) is 0 Å². The third-order valence-corrected chi connectivity index (χ3v) is 5.34. The first-order valence-corrected chi connectivity index (χ1v) is 8.32. The van der Waals surface area contributed by atoms with Crippen LogP contribution in [0.1, 0.15) is 39.5 Å². The Morgan fingerprint density at radius 1 is 1.28 bits per heavy atom. The van der Waals surface area contributed by atoms with Gasteiger partial charge in [0.2, 0.25) is 0 Å². The third kappa shape index (κ3) is 3.91. The second kappa shape index (κ2) is 7.43. The fourth-order valence-corrected chi connectivity index (χ4v) is 4.30. The summed E-state index contributed by atoms with van der Waals surface area (Å²) in [6.07, 6.45) is 3.42. The largest absolute Gasteiger partial charge is 0.396 e. The normalized spacial score (nSPS) is 22.6. The van der Waals surface area contributed by atoms with E-state index < -0.39 is 10.2 Å². The van der Waals surface area contributed by atoms with E-state index in [1.807, 2.05) is 13.8 Å². The van der Waals surface area contributed by atoms with E-state index in [2.05, 4.69) is 0 Å². The number of rotatable bonds is 7. The monoisotopic (exact) mass is 278 g/mol. The predicted octanol–water partition coefficient (Wildman–Crippen LogP) is 1.06. The number of piperidine rings is 1. The summed E-state index contributed by atoms with van der Waals surface area (Å²) in [6.45, 7) is 6.27. The highest BCUT2D eigenvalue weighted by Gasteiger charge is 2.32. The van der Waals surface area contributed by atoms with Crippen LogP contribution in [0.4, 0.5) is 0 Å². The summed E-state index contributed by atoms with van der Waals surface area (Å²) in [5.74, 6) is 0.0960. The Kier molecular flexibility index (Phi) is 6.55. The Morgan fingerprint density at radius 3 is 2.39 bits per heavy atom. The smallest absolute Gasteiger partial charge is 0.281 e. The lowest BCUT2D eigenvalue weighted by atomic mass is 10.0. The second-order valence-electron chi connectivity index (χ2n) is 4.96. The van der Waals surface area contributed by atoms with Crippen molar-refractivity contribution in [3.63, 3.8) is 0 Å². The molecule has 108 valence electrons. The Hall–Kier alpha value is -0.170. The SMILES string of the molecule is CCCN(CCC)S(=O)(=O)N1CCCC(CO)C1. The highest BCUT2D eigenvalue weighted by Crippen LogP contribution is 2.21. The van der Waals surface area contributed by atoms with E-state index in [9.17, 15) is 13.5 Å². The van der Waals surface area contributed by atoms with Crippen molar-refractivity contribution in [1.82, 2.24) is 8.61 Å². The van der Waals surface area contributed by atoms with Gasteiger partial charge in [-0.25, -0.2) is 0 Å². The molecule has 1 aliphatic rings. The van der Waals surface area contributed by atoms with Crippen molar-refractivity contribution in [3.05, 3.63) is 0 Å². The molecule has 0 aromatic heterocycles. The van der Waals surface area contributed by atoms with Crippen molar-refractivity contribution in [2.75, 3.05) is 32.8 Å². The summed E-state index contributed by atoms with van der Waals surface area (Å²) in [4.78, 5) is 0. The van der Waals surface area contributed by atoms with Crippen molar-refractivity contribution >= 4 is 10.2 Å². The van der Waals surface area contributed by atoms with Crippen molar-refractivity contribution in [1.29, 1.82) is 0 Å². The molecule has 1 atom stereocenters. The first-order chi connectivity index (χ1) is 8.56. The molecular weight excluding hydrogens is 252 g/mol. The van der Waals surface area contributed by atoms with Gasteiger partial charge in [0.15, 0.2) is 0 Å². The van der Waals surface area contributed by atoms with Gasteiger partial charge in [-0.2, -0.15) is 17.0 Å². The molecule has 0 saturated carbocycles. The van der Waals surface area contributed by atoms with E-state index in [0.717, 1.165) is 25.7 Å². The molecule has 1 saturated heterocycles. The summed E-state index contributed by atoms with van der Waals surface area (Å²) in [7, 11) is -3.34. The lowest BCUT2D eigenvalue weighted by molar-refractivity contribution is 0.160. The summed E-state index contributed by atoms with van der Waals surface area (Å²) in [5.41, 5.74) is 0. The van der Waals surface area contributed by atoms with Gasteiger partial charge in [-0.05, 0) is 31.6 Å². The highest BCUT2D eigenvalue weighted by atomic mass is 32.2. The van der Waals surface area contributed by atoms with Gasteiger partial charge in [0.05, 0.1) is 0 Å². The molecule has 0 aromatic rings. The van der Waals surface area contributed by atoms with Crippen LogP contribution in [0.2, 0.25) is 0 Å². The molecule has 0 amide bonds. The molecule has 1 unspecified atom stereocenters. The number of aliphatic hydroxyl groups excluding tert-OH is 1. The minimum Gasteiger partial charge on any atom is -0.396 e. The van der Waals surface area contributed by atoms with E-state index >= 15 is 0 Å². The average molecular weight is 278 g/mol. The summed E-state index contributed by atoms with van der Waals surface area (Å²) in [5, 5.41) is 9.18. The van der Waals surface area contributed by atoms with Gasteiger partial charge in [-0.3, -0.25) is 0 Å². The molecule has 0 spiro atoms. The van der Waals surface area contributed by atoms with Crippen LogP contribution in [0.25, 0.3) is 0 Å². The Bertz CT molecular complexity index is 326. The summed E-state index contributed by atoms with van der Waals surface area (Å²) >= 11 is 0. The molecule has 18 heavy (non-hydrogen) atoms. The molecule has 0 aliphatic carbocycles. The zero-order valence-corrected chi connectivity index (χ0v) is 12.3. The van der Waals surface area contributed by atoms with Gasteiger partial charge in [-0.1, -0.05) is 13.8 Å². The zero-order valence-electron chi connectivity index (χ0n) is 11.5. The van der Waals surface area contributed by atoms with Gasteiger partial charge in [-0.15, -0.1) is 0 Å². The van der Waals surface area contributed by atoms with E-state index in [0.29, 0.717) is 26.2 Å². The fourth-order valence-electron chi connectivity index (χ4n) is 2.39. The van der Waals surface area contributed by atoms with Crippen LogP contribution in [0, 0.1) is 5.92 Å². The Labute approximate surface area is 111 Å². The first-order valence-electron chi connectivity index (χ1n) is 6.92. The minimum absolute atomic E-state index is 0.0770. The standard InChI is InChI=1S/C12H26N2O3S/c1-3-7-13(8-4-2)18(16,17)14-9-5-6-12(10-14)11-15/h12,15H,3-11H2,1-2H3. The van der Waals surface area contributed by atoms with Crippen LogP contribution >= 0.6 is 0 Å². The number of aliphatic hydroxyl groups is 1. The quantitative estimate of drug-likeness (QED) is 0.757. The molecule has 0 aromatic carbocycles. The molecule has 1 aliphatic heterocycles. The van der Waals surface area contributed by atoms with Crippen LogP contribution in [0.3, 0.4) is 0 Å². The number of hydrogen-bond donors (Lipinski definition) is 1. The molecule has 6 heteroatoms. The van der Waals surface area contributed by atoms with E-state index in [-0.39, 0.29) is 12.5 Å². The fraction of sp³-hybridized carbons (Fsp3) is 1.00. The minimum atomic E-state index is -3.34. The Morgan fingerprint density at radius 2 is 1.89 bits per heavy atom. The van der Waals surface area contributed by atoms with E-state index in [1.165, 1.54) is 0 Å². The zero-order chi connectivity index (χ0) is 13.6. The molecule has 1 heterocycles. The van der Waals surface area contributed by atoms with E-state index in [1.54, 1.807) is 8.61 Å². The molecule has 0 bridgehead atoms. The second-order valence-corrected chi connectivity index (χ2v) is 6.88. The molecule has 1 N–H and O–H groups in total. The Balaban J connectivity index is 2.75. The lowest BCUT2D eigenvalue weighted by Crippen LogP contribution is -2.48. The molecule has 1 rings (SSSR count). The molecule has 5 nitrogen and oxygen atoms in total. The van der Waals surface area contributed by atoms with Crippen molar-refractivity contribution in [3.8, 4) is 0 Å². The van der Waals surface area contributed by atoms with Crippen molar-refractivity contribution in [2.24, 2.45) is 5.92 Å². The van der Waals surface area contributed by atoms with Gasteiger partial charge >= 0.3 is 0 Å². The van der Waals surface area contributed by atoms with Gasteiger partial charge < -0.3 is 5.11 Å². The lowest BCUT2D eigenvalue weighted by Gasteiger charge is -2.34. The van der Waals surface area contributed by atoms with Crippen molar-refractivity contribution < 1.29 is 13.5 Å². The summed E-state index contributed by atoms with van der Waals surface area (Å²) < 4.78 is 28.1. The van der Waals surface area contributed by atoms with Crippen molar-refractivity contribution in [2.45, 2.75) is 39.5 Å². The molecular formula is C12H26N2O3S. The number of hydrogen-bond acceptors (Lipinski definition) is 3. The first kappa shape index (κ1) is 15.9. The van der Waals surface area contributed by atoms with Crippen LogP contribution in [0.5, 0.6) is 0 Å². The van der Waals surface area contributed by atoms with Crippen LogP contribution in [-0.2, 0) is 10.2 Å². The van der Waals surface area contributed by atoms with E-state index in [4.69, 9.17) is 0 Å². The topological polar surface area (TPSA) is 60.9 Å². The maximum atomic E-state index is 12.5. The molecule has 0 radical (unpaired) electrons. The van der Waals surface area contributed by atoms with Crippen LogP contribution in [0.15, 0.2) is 0 Å². The third-order valence-electron chi connectivity index (χ3n) is 3.34. The maximum Gasteiger partial charge on any atom is 0.281 e. The highest BCUT2D eigenvalue weighted by molar-refractivity contribution is 7.86. The van der Waals surface area contributed by atoms with Gasteiger partial charge in [0.25, 0.3) is 10.2 Å². The average Bonchev–Trinajstić information content (AvgIpc) is 2.38. The van der Waals surface area contributed by atoms with Gasteiger partial charge in [0, 0.05) is 32.8 Å². The predicted molar refractivity (Wildman–Crippen MR) is 72.5 cm³/mol. The van der Waals surface area contributed by atoms with Crippen LogP contribution < -0.4 is 0 Å². The number of nitrogens with zero attached hydrogens (tertiary/aromatic N) is 2. The van der Waals surface area contributed by atoms with Crippen LogP contribution in [-0.4, -0.2) is 54.9 Å².